The molecule has 0 aromatic heterocycles. The molecule has 0 fully saturated rings. The molecule has 3 nitrogen and oxygen atoms in total. The third-order valence-corrected chi connectivity index (χ3v) is 4.76. The molecule has 0 saturated heterocycles. The Morgan fingerprint density at radius 1 is 1.17 bits per heavy atom. The molecule has 0 radical (unpaired) electrons. The molecule has 0 aliphatic carbocycles. The van der Waals surface area contributed by atoms with Crippen molar-refractivity contribution in [1.82, 2.24) is 4.90 Å². The van der Waals surface area contributed by atoms with E-state index in [9.17, 15) is 4.39 Å². The fraction of sp³-hybridized carbons (Fsp3) is 0.294. The zero-order valence-corrected chi connectivity index (χ0v) is 15.6. The molecule has 2 aromatic carbocycles. The smallest absolute Gasteiger partial charge is 0.123 e. The van der Waals surface area contributed by atoms with E-state index in [0.717, 1.165) is 32.1 Å². The van der Waals surface area contributed by atoms with Crippen LogP contribution in [0.25, 0.3) is 0 Å². The molecule has 0 unspecified atom stereocenters. The topological polar surface area (TPSA) is 38.5 Å². The molecule has 0 saturated carbocycles. The first-order valence-electron chi connectivity index (χ1n) is 7.19. The van der Waals surface area contributed by atoms with Crippen molar-refractivity contribution in [2.45, 2.75) is 16.3 Å². The predicted molar refractivity (Wildman–Crippen MR) is 98.0 cm³/mol. The van der Waals surface area contributed by atoms with Gasteiger partial charge in [-0.2, -0.15) is 0 Å². The summed E-state index contributed by atoms with van der Waals surface area (Å²) in [4.78, 5) is 4.20. The van der Waals surface area contributed by atoms with Gasteiger partial charge < -0.3 is 15.4 Å². The minimum atomic E-state index is -0.491. The second-order valence-corrected chi connectivity index (χ2v) is 7.33. The minimum absolute atomic E-state index is 0.0769. The van der Waals surface area contributed by atoms with Gasteiger partial charge in [-0.1, -0.05) is 27.7 Å². The van der Waals surface area contributed by atoms with Crippen molar-refractivity contribution in [3.05, 3.63) is 46.4 Å². The van der Waals surface area contributed by atoms with Gasteiger partial charge in [-0.05, 0) is 56.1 Å². The van der Waals surface area contributed by atoms with Gasteiger partial charge >= 0.3 is 0 Å². The first-order valence-corrected chi connectivity index (χ1v) is 8.80. The highest BCUT2D eigenvalue weighted by atomic mass is 79.9. The van der Waals surface area contributed by atoms with Crippen molar-refractivity contribution in [3.63, 3.8) is 0 Å². The van der Waals surface area contributed by atoms with E-state index < -0.39 is 6.67 Å². The van der Waals surface area contributed by atoms with E-state index in [1.165, 1.54) is 0 Å². The second kappa shape index (κ2) is 8.57. The van der Waals surface area contributed by atoms with Crippen LogP contribution in [0.15, 0.2) is 50.7 Å². The molecule has 23 heavy (non-hydrogen) atoms. The Labute approximate surface area is 149 Å². The first kappa shape index (κ1) is 18.1. The molecule has 0 aliphatic heterocycles. The SMILES string of the molecule is CN(C)Cc1cc(OCC[18F])ccc1Sc1ccc(Br)cc1N. The Hall–Kier alpha value is -1.24. The van der Waals surface area contributed by atoms with E-state index in [1.54, 1.807) is 11.8 Å². The highest BCUT2D eigenvalue weighted by Crippen LogP contribution is 2.37. The minimum Gasteiger partial charge on any atom is -0.491 e. The molecule has 0 amide bonds. The van der Waals surface area contributed by atoms with Gasteiger partial charge in [0.15, 0.2) is 0 Å². The Balaban J connectivity index is 2.28. The Morgan fingerprint density at radius 2 is 1.91 bits per heavy atom. The number of hydrogen-bond donors (Lipinski definition) is 1. The number of halogens is 2. The summed E-state index contributed by atoms with van der Waals surface area (Å²) in [6.45, 7) is 0.355. The summed E-state index contributed by atoms with van der Waals surface area (Å²) in [5, 5.41) is 0. The fourth-order valence-electron chi connectivity index (χ4n) is 2.10. The molecular formula is C17H20BrFN2OS. The second-order valence-electron chi connectivity index (χ2n) is 5.33. The van der Waals surface area contributed by atoms with Gasteiger partial charge in [-0.25, -0.2) is 4.39 Å². The van der Waals surface area contributed by atoms with Crippen molar-refractivity contribution in [3.8, 4) is 5.75 Å². The number of rotatable bonds is 7. The van der Waals surface area contributed by atoms with Crippen LogP contribution < -0.4 is 10.5 Å². The molecular weight excluding hydrogens is 378 g/mol. The van der Waals surface area contributed by atoms with Crippen molar-refractivity contribution < 1.29 is 9.13 Å². The van der Waals surface area contributed by atoms with Crippen molar-refractivity contribution in [1.29, 1.82) is 0 Å². The van der Waals surface area contributed by atoms with Crippen molar-refractivity contribution in [2.75, 3.05) is 33.1 Å². The van der Waals surface area contributed by atoms with Gasteiger partial charge in [0.25, 0.3) is 0 Å². The first-order chi connectivity index (χ1) is 11.0. The van der Waals surface area contributed by atoms with Crippen LogP contribution in [0.2, 0.25) is 0 Å². The Morgan fingerprint density at radius 3 is 2.57 bits per heavy atom. The summed E-state index contributed by atoms with van der Waals surface area (Å²) in [6.07, 6.45) is 0. The average Bonchev–Trinajstić information content (AvgIpc) is 2.49. The molecule has 0 atom stereocenters. The van der Waals surface area contributed by atoms with Crippen LogP contribution in [0.3, 0.4) is 0 Å². The number of anilines is 1. The summed E-state index contributed by atoms with van der Waals surface area (Å²) >= 11 is 5.04. The third kappa shape index (κ3) is 5.41. The van der Waals surface area contributed by atoms with E-state index in [2.05, 4.69) is 20.8 Å². The largest absolute Gasteiger partial charge is 0.491 e. The molecule has 2 aromatic rings. The van der Waals surface area contributed by atoms with Crippen LogP contribution in [-0.2, 0) is 6.54 Å². The van der Waals surface area contributed by atoms with Crippen LogP contribution in [0.5, 0.6) is 5.75 Å². The van der Waals surface area contributed by atoms with Gasteiger partial charge in [0, 0.05) is 26.5 Å². The number of benzene rings is 2. The zero-order chi connectivity index (χ0) is 16.8. The molecule has 0 aliphatic rings. The molecule has 0 bridgehead atoms. The van der Waals surface area contributed by atoms with Crippen LogP contribution in [0.4, 0.5) is 10.1 Å². The molecule has 124 valence electrons. The lowest BCUT2D eigenvalue weighted by Crippen LogP contribution is -2.11. The molecule has 0 spiro atoms. The molecule has 6 heteroatoms. The summed E-state index contributed by atoms with van der Waals surface area (Å²) in [5.41, 5.74) is 7.95. The maximum atomic E-state index is 12.3. The van der Waals surface area contributed by atoms with Crippen LogP contribution >= 0.6 is 27.7 Å². The summed E-state index contributed by atoms with van der Waals surface area (Å²) in [7, 11) is 4.02. The molecule has 0 heterocycles. The maximum absolute atomic E-state index is 12.3. The quantitative estimate of drug-likeness (QED) is 0.693. The summed E-state index contributed by atoms with van der Waals surface area (Å²) in [6, 6.07) is 11.7. The maximum Gasteiger partial charge on any atom is 0.123 e. The van der Waals surface area contributed by atoms with Gasteiger partial charge in [-0.3, -0.25) is 0 Å². The fourth-order valence-corrected chi connectivity index (χ4v) is 3.42. The number of ether oxygens (including phenoxy) is 1. The van der Waals surface area contributed by atoms with Gasteiger partial charge in [0.2, 0.25) is 0 Å². The zero-order valence-electron chi connectivity index (χ0n) is 13.2. The number of alkyl halides is 1. The van der Waals surface area contributed by atoms with Crippen LogP contribution in [0, 0.1) is 0 Å². The van der Waals surface area contributed by atoms with E-state index in [4.69, 9.17) is 10.5 Å². The van der Waals surface area contributed by atoms with Gasteiger partial charge in [0.1, 0.15) is 19.0 Å². The highest BCUT2D eigenvalue weighted by molar-refractivity contribution is 9.10. The normalized spacial score (nSPS) is 11.0. The highest BCUT2D eigenvalue weighted by Gasteiger charge is 2.10. The lowest BCUT2D eigenvalue weighted by molar-refractivity contribution is 0.272. The number of hydrogen-bond acceptors (Lipinski definition) is 4. The number of nitrogen functional groups attached to an aromatic ring is 1. The van der Waals surface area contributed by atoms with E-state index in [0.29, 0.717) is 5.75 Å². The lowest BCUT2D eigenvalue weighted by Gasteiger charge is -2.16. The monoisotopic (exact) mass is 397 g/mol. The lowest BCUT2D eigenvalue weighted by atomic mass is 10.2. The third-order valence-electron chi connectivity index (χ3n) is 3.06. The standard InChI is InChI=1S/C17H20BrFN2OS/c1-21(2)11-12-9-14(22-8-7-19)4-6-16(12)23-17-5-3-13(18)10-15(17)20/h3-6,9-10H,7-8,11,20H2,1-2H3/i19-1. The van der Waals surface area contributed by atoms with Crippen molar-refractivity contribution >= 4 is 33.4 Å². The van der Waals surface area contributed by atoms with Crippen LogP contribution in [0.1, 0.15) is 5.56 Å². The number of nitrogens with two attached hydrogens (primary N) is 1. The van der Waals surface area contributed by atoms with Gasteiger partial charge in [-0.15, -0.1) is 0 Å². The van der Waals surface area contributed by atoms with E-state index in [-0.39, 0.29) is 6.61 Å². The van der Waals surface area contributed by atoms with Gasteiger partial charge in [0.05, 0.1) is 0 Å². The molecule has 2 rings (SSSR count). The Bertz CT molecular complexity index is 667. The summed E-state index contributed by atoms with van der Waals surface area (Å²) < 4.78 is 18.6. The predicted octanol–water partition coefficient (Wildman–Crippen LogP) is 4.59. The van der Waals surface area contributed by atoms with Crippen molar-refractivity contribution in [2.24, 2.45) is 0 Å². The molecule has 2 N–H and O–H groups in total. The Kier molecular flexibility index (Phi) is 6.74. The van der Waals surface area contributed by atoms with E-state index in [1.807, 2.05) is 50.5 Å². The average molecular weight is 398 g/mol. The van der Waals surface area contributed by atoms with E-state index >= 15 is 0 Å². The number of nitrogens with zero attached hydrogens (tertiary/aromatic N) is 1. The summed E-state index contributed by atoms with van der Waals surface area (Å²) in [5.74, 6) is 0.688. The van der Waals surface area contributed by atoms with Crippen LogP contribution in [-0.4, -0.2) is 32.3 Å².